The average Bonchev–Trinajstić information content (AvgIpc) is 3.86. The van der Waals surface area contributed by atoms with Crippen LogP contribution in [0.3, 0.4) is 0 Å². The zero-order chi connectivity index (χ0) is 43.1. The van der Waals surface area contributed by atoms with Gasteiger partial charge in [-0.15, -0.1) is 12.4 Å². The first kappa shape index (κ1) is 48.0. The van der Waals surface area contributed by atoms with Gasteiger partial charge in [-0.3, -0.25) is 9.59 Å². The van der Waals surface area contributed by atoms with Crippen molar-refractivity contribution in [2.24, 2.45) is 11.7 Å². The van der Waals surface area contributed by atoms with Gasteiger partial charge >= 0.3 is 6.09 Å². The van der Waals surface area contributed by atoms with Gasteiger partial charge in [-0.05, 0) is 106 Å². The van der Waals surface area contributed by atoms with Crippen molar-refractivity contribution in [3.05, 3.63) is 142 Å². The zero-order valence-electron chi connectivity index (χ0n) is 34.0. The minimum Gasteiger partial charge on any atom is -0.444 e. The molecule has 1 heterocycles. The number of anilines is 1. The Morgan fingerprint density at radius 3 is 2.13 bits per heavy atom. The van der Waals surface area contributed by atoms with E-state index in [1.807, 2.05) is 36.4 Å². The standard InChI is InChI=1S/C24H27N3O3.C13H15FN2O2.C8H7FN2.ClH/c1-15(21(28)12-8-16-7-11-20-22(13-16)30-27-23(20)25)26-24(29)19-10-9-18(14-19)17-5-3-2-4-6-17;1-13(2,3)18-12(17)16-8-9-5-6-11(15-4)10(14)7-9;1-11-8-3-2-6(5-10)4-7(8)9;/h2-7,11,13,15,18-19H,8-10,12,14H2,1H3,(H2,25,27)(H,26,29);5-7H,8H2,1-3H3,(H,16,17);2-4H,5,10H2;1H/t15-,18+,19+;;;/m0.../s1. The molecule has 15 heteroatoms. The minimum atomic E-state index is -0.589. The molecule has 5 aromatic rings. The summed E-state index contributed by atoms with van der Waals surface area (Å²) in [5, 5.41) is 9.96. The third-order valence-electron chi connectivity index (χ3n) is 9.48. The zero-order valence-corrected chi connectivity index (χ0v) is 34.8. The molecular weight excluding hydrogens is 792 g/mol. The molecule has 1 fully saturated rings. The van der Waals surface area contributed by atoms with Crippen molar-refractivity contribution in [2.75, 3.05) is 5.73 Å². The van der Waals surface area contributed by atoms with Crippen molar-refractivity contribution in [3.63, 3.8) is 0 Å². The first-order valence-corrected chi connectivity index (χ1v) is 19.1. The molecule has 0 aliphatic heterocycles. The van der Waals surface area contributed by atoms with E-state index in [4.69, 9.17) is 33.9 Å². The van der Waals surface area contributed by atoms with Gasteiger partial charge in [0.25, 0.3) is 0 Å². The van der Waals surface area contributed by atoms with E-state index >= 15 is 0 Å². The number of carbonyl (C=O) groups excluding carboxylic acids is 3. The minimum absolute atomic E-state index is 0. The third-order valence-corrected chi connectivity index (χ3v) is 9.48. The summed E-state index contributed by atoms with van der Waals surface area (Å²) < 4.78 is 36.3. The monoisotopic (exact) mass is 841 g/mol. The van der Waals surface area contributed by atoms with Gasteiger partial charge in [0.1, 0.15) is 17.2 Å². The first-order chi connectivity index (χ1) is 28.1. The molecule has 316 valence electrons. The number of nitrogens with two attached hydrogens (primary N) is 2. The quantitative estimate of drug-likeness (QED) is 0.101. The molecule has 0 saturated heterocycles. The van der Waals surface area contributed by atoms with Gasteiger partial charge in [-0.2, -0.15) is 0 Å². The molecule has 1 aliphatic carbocycles. The lowest BCUT2D eigenvalue weighted by atomic mass is 9.96. The molecule has 0 unspecified atom stereocenters. The van der Waals surface area contributed by atoms with Crippen LogP contribution in [0.25, 0.3) is 20.7 Å². The number of benzene rings is 4. The molecule has 6 N–H and O–H groups in total. The summed E-state index contributed by atoms with van der Waals surface area (Å²) in [6.45, 7) is 20.8. The number of nitrogens with one attached hydrogen (secondary N) is 2. The van der Waals surface area contributed by atoms with Crippen LogP contribution in [0.2, 0.25) is 0 Å². The van der Waals surface area contributed by atoms with E-state index in [0.29, 0.717) is 47.8 Å². The van der Waals surface area contributed by atoms with Crippen molar-refractivity contribution in [2.45, 2.75) is 90.4 Å². The maximum absolute atomic E-state index is 13.3. The highest BCUT2D eigenvalue weighted by Crippen LogP contribution is 2.38. The Labute approximate surface area is 355 Å². The number of hydrogen-bond acceptors (Lipinski definition) is 8. The van der Waals surface area contributed by atoms with Crippen molar-refractivity contribution < 1.29 is 32.4 Å². The van der Waals surface area contributed by atoms with Gasteiger partial charge in [-0.1, -0.05) is 65.8 Å². The number of aromatic nitrogens is 1. The van der Waals surface area contributed by atoms with Crippen LogP contribution in [-0.2, 0) is 33.8 Å². The Balaban J connectivity index is 0.000000272. The predicted molar refractivity (Wildman–Crippen MR) is 229 cm³/mol. The normalized spacial score (nSPS) is 14.7. The predicted octanol–water partition coefficient (Wildman–Crippen LogP) is 9.66. The summed E-state index contributed by atoms with van der Waals surface area (Å²) >= 11 is 0. The molecule has 1 aromatic heterocycles. The largest absolute Gasteiger partial charge is 0.444 e. The van der Waals surface area contributed by atoms with Crippen LogP contribution in [0.15, 0.2) is 89.5 Å². The number of nitrogen functional groups attached to an aromatic ring is 1. The Kier molecular flexibility index (Phi) is 18.2. The Morgan fingerprint density at radius 1 is 0.917 bits per heavy atom. The van der Waals surface area contributed by atoms with Crippen molar-refractivity contribution in [1.82, 2.24) is 15.8 Å². The van der Waals surface area contributed by atoms with Gasteiger partial charge in [0.15, 0.2) is 17.2 Å². The molecule has 1 aliphatic rings. The highest BCUT2D eigenvalue weighted by Gasteiger charge is 2.32. The molecule has 60 heavy (non-hydrogen) atoms. The summed E-state index contributed by atoms with van der Waals surface area (Å²) in [5.74, 6) is -0.300. The first-order valence-electron chi connectivity index (χ1n) is 19.1. The number of nitrogens with zero attached hydrogens (tertiary/aromatic N) is 3. The number of alkyl carbamates (subject to hydrolysis) is 1. The Hall–Kier alpha value is -6.35. The van der Waals surface area contributed by atoms with Crippen LogP contribution in [-0.4, -0.2) is 34.6 Å². The maximum Gasteiger partial charge on any atom is 0.407 e. The lowest BCUT2D eigenvalue weighted by Gasteiger charge is -2.19. The molecule has 4 aromatic carbocycles. The van der Waals surface area contributed by atoms with Crippen LogP contribution < -0.4 is 22.1 Å². The highest BCUT2D eigenvalue weighted by atomic mass is 35.5. The second-order valence-electron chi connectivity index (χ2n) is 15.1. The second kappa shape index (κ2) is 22.7. The van der Waals surface area contributed by atoms with E-state index in [-0.39, 0.29) is 47.9 Å². The number of fused-ring (bicyclic) bond motifs is 1. The van der Waals surface area contributed by atoms with Gasteiger partial charge in [-0.25, -0.2) is 23.3 Å². The topological polar surface area (TPSA) is 171 Å². The molecule has 0 bridgehead atoms. The molecule has 6 rings (SSSR count). The molecular formula is C45H50ClF2N7O5. The van der Waals surface area contributed by atoms with E-state index < -0.39 is 29.4 Å². The van der Waals surface area contributed by atoms with Crippen LogP contribution in [0.4, 0.5) is 30.8 Å². The number of Topliss-reactive ketones (excluding diaryl/α,β-unsaturated/α-hetero) is 1. The maximum atomic E-state index is 13.3. The van der Waals surface area contributed by atoms with Crippen LogP contribution in [0, 0.1) is 30.7 Å². The summed E-state index contributed by atoms with van der Waals surface area (Å²) in [7, 11) is 0. The van der Waals surface area contributed by atoms with E-state index in [1.54, 1.807) is 39.8 Å². The summed E-state index contributed by atoms with van der Waals surface area (Å²) in [6.07, 6.45) is 3.10. The van der Waals surface area contributed by atoms with Gasteiger partial charge < -0.3 is 31.4 Å². The lowest BCUT2D eigenvalue weighted by Crippen LogP contribution is -2.41. The number of rotatable bonds is 10. The van der Waals surface area contributed by atoms with Crippen molar-refractivity contribution in [3.8, 4) is 0 Å². The number of ketones is 1. The van der Waals surface area contributed by atoms with Crippen LogP contribution in [0.1, 0.15) is 81.5 Å². The fourth-order valence-corrected chi connectivity index (χ4v) is 6.31. The summed E-state index contributed by atoms with van der Waals surface area (Å²) in [5.41, 5.74) is 14.6. The third kappa shape index (κ3) is 14.5. The number of hydrogen-bond donors (Lipinski definition) is 4. The SMILES string of the molecule is C[C@H](NC(=O)[C@@H]1CC[C@@H](c2ccccc2)C1)C(=O)CCc1ccc2c(N)noc2c1.Cl.[C-]#[N+]c1ccc(CN)cc1F.[C-]#[N+]c1ccc(CNC(=O)OC(C)(C)C)cc1F. The van der Waals surface area contributed by atoms with Crippen LogP contribution >= 0.6 is 12.4 Å². The number of ether oxygens (including phenoxy) is 1. The van der Waals surface area contributed by atoms with E-state index in [2.05, 4.69) is 37.6 Å². The summed E-state index contributed by atoms with van der Waals surface area (Å²) in [6, 6.07) is 24.1. The van der Waals surface area contributed by atoms with E-state index in [9.17, 15) is 23.2 Å². The molecule has 1 saturated carbocycles. The van der Waals surface area contributed by atoms with Gasteiger partial charge in [0, 0.05) is 25.4 Å². The molecule has 3 atom stereocenters. The van der Waals surface area contributed by atoms with Crippen molar-refractivity contribution in [1.29, 1.82) is 0 Å². The lowest BCUT2D eigenvalue weighted by molar-refractivity contribution is -0.129. The summed E-state index contributed by atoms with van der Waals surface area (Å²) in [4.78, 5) is 42.6. The number of carbonyl (C=O) groups is 3. The molecule has 0 spiro atoms. The highest BCUT2D eigenvalue weighted by molar-refractivity contribution is 5.90. The van der Waals surface area contributed by atoms with Crippen LogP contribution in [0.5, 0.6) is 0 Å². The molecule has 2 amide bonds. The molecule has 12 nitrogen and oxygen atoms in total. The fraction of sp³-hybridized carbons (Fsp3) is 0.333. The van der Waals surface area contributed by atoms with Crippen molar-refractivity contribution >= 4 is 58.4 Å². The second-order valence-corrected chi connectivity index (χ2v) is 15.1. The average molecular weight is 842 g/mol. The molecule has 0 radical (unpaired) electrons. The number of amides is 2. The number of aryl methyl sites for hydroxylation is 1. The Bertz CT molecular complexity index is 2320. The smallest absolute Gasteiger partial charge is 0.407 e. The van der Waals surface area contributed by atoms with Gasteiger partial charge in [0.05, 0.1) is 24.6 Å². The van der Waals surface area contributed by atoms with E-state index in [0.717, 1.165) is 30.2 Å². The van der Waals surface area contributed by atoms with E-state index in [1.165, 1.54) is 29.8 Å². The Morgan fingerprint density at radius 2 is 1.53 bits per heavy atom. The number of halogens is 3. The van der Waals surface area contributed by atoms with Gasteiger partial charge in [0.2, 0.25) is 17.3 Å². The fourth-order valence-electron chi connectivity index (χ4n) is 6.31.